The van der Waals surface area contributed by atoms with Crippen molar-refractivity contribution in [2.75, 3.05) is 0 Å². The molecule has 2 rings (SSSR count). The highest BCUT2D eigenvalue weighted by atomic mass is 16.7. The molecule has 2 aromatic carbocycles. The van der Waals surface area contributed by atoms with Crippen LogP contribution in [0.5, 0.6) is 17.2 Å². The van der Waals surface area contributed by atoms with E-state index < -0.39 is 35.7 Å². The van der Waals surface area contributed by atoms with Gasteiger partial charge in [-0.05, 0) is 36.8 Å². The molecule has 0 aliphatic heterocycles. The number of hydrogen-bond donors (Lipinski definition) is 2. The van der Waals surface area contributed by atoms with Crippen LogP contribution in [-0.2, 0) is 25.5 Å². The van der Waals surface area contributed by atoms with Gasteiger partial charge in [0.05, 0.1) is 0 Å². The zero-order chi connectivity index (χ0) is 26.0. The number of rotatable bonds is 11. The number of benzene rings is 2. The first-order chi connectivity index (χ1) is 16.6. The highest BCUT2D eigenvalue weighted by molar-refractivity contribution is 5.79. The number of carbonyl (C=O) groups excluding carboxylic acids is 3. The summed E-state index contributed by atoms with van der Waals surface area (Å²) in [6.45, 7) is 4.71. The van der Waals surface area contributed by atoms with Gasteiger partial charge in [0.1, 0.15) is 17.4 Å². The van der Waals surface area contributed by atoms with Gasteiger partial charge in [-0.15, -0.1) is 0 Å². The highest BCUT2D eigenvalue weighted by Gasteiger charge is 2.37. The lowest BCUT2D eigenvalue weighted by Gasteiger charge is -2.28. The molecule has 0 saturated heterocycles. The SMILES string of the molecule is CCC(=O)Oc1ccc(CC(N)(C[C@H](C)OC(=O)Oc2ccccc2)C(=O)O)cc1OC(=O)CC. The van der Waals surface area contributed by atoms with E-state index in [4.69, 9.17) is 24.7 Å². The molecule has 0 spiro atoms. The molecule has 35 heavy (non-hydrogen) atoms. The summed E-state index contributed by atoms with van der Waals surface area (Å²) in [5.74, 6) is -2.14. The fourth-order valence-corrected chi connectivity index (χ4v) is 3.14. The average Bonchev–Trinajstić information content (AvgIpc) is 2.80. The Morgan fingerprint density at radius 1 is 0.914 bits per heavy atom. The van der Waals surface area contributed by atoms with Crippen LogP contribution >= 0.6 is 0 Å². The first-order valence-electron chi connectivity index (χ1n) is 11.1. The number of para-hydroxylation sites is 1. The van der Waals surface area contributed by atoms with Crippen molar-refractivity contribution < 1.29 is 43.2 Å². The molecule has 0 aliphatic rings. The van der Waals surface area contributed by atoms with Crippen molar-refractivity contribution in [1.29, 1.82) is 0 Å². The number of carboxylic acids is 1. The summed E-state index contributed by atoms with van der Waals surface area (Å²) in [6.07, 6.45) is -2.12. The number of carboxylic acid groups (broad SMARTS) is 1. The van der Waals surface area contributed by atoms with Crippen LogP contribution in [0.25, 0.3) is 0 Å². The van der Waals surface area contributed by atoms with Crippen LogP contribution in [0.15, 0.2) is 48.5 Å². The molecule has 10 nitrogen and oxygen atoms in total. The molecule has 2 atom stereocenters. The molecule has 3 N–H and O–H groups in total. The van der Waals surface area contributed by atoms with Crippen molar-refractivity contribution in [3.63, 3.8) is 0 Å². The summed E-state index contributed by atoms with van der Waals surface area (Å²) < 4.78 is 20.7. The maximum Gasteiger partial charge on any atom is 0.514 e. The van der Waals surface area contributed by atoms with E-state index in [0.717, 1.165) is 0 Å². The lowest BCUT2D eigenvalue weighted by Crippen LogP contribution is -2.52. The highest BCUT2D eigenvalue weighted by Crippen LogP contribution is 2.31. The average molecular weight is 488 g/mol. The van der Waals surface area contributed by atoms with Crippen LogP contribution in [0.3, 0.4) is 0 Å². The summed E-state index contributed by atoms with van der Waals surface area (Å²) in [7, 11) is 0. The first-order valence-corrected chi connectivity index (χ1v) is 11.1. The number of hydrogen-bond acceptors (Lipinski definition) is 9. The Hall–Kier alpha value is -3.92. The molecule has 0 aromatic heterocycles. The molecule has 2 aromatic rings. The maximum absolute atomic E-state index is 12.0. The second-order valence-electron chi connectivity index (χ2n) is 7.87. The Morgan fingerprint density at radius 2 is 1.51 bits per heavy atom. The molecule has 0 amide bonds. The van der Waals surface area contributed by atoms with Crippen molar-refractivity contribution in [1.82, 2.24) is 0 Å². The summed E-state index contributed by atoms with van der Waals surface area (Å²) in [4.78, 5) is 47.6. The van der Waals surface area contributed by atoms with E-state index in [-0.39, 0.29) is 42.9 Å². The van der Waals surface area contributed by atoms with Gasteiger partial charge in [0.25, 0.3) is 0 Å². The fraction of sp³-hybridized carbons (Fsp3) is 0.360. The molecule has 1 unspecified atom stereocenters. The van der Waals surface area contributed by atoms with Gasteiger partial charge in [-0.1, -0.05) is 38.1 Å². The van der Waals surface area contributed by atoms with E-state index in [2.05, 4.69) is 0 Å². The lowest BCUT2D eigenvalue weighted by atomic mass is 9.86. The number of esters is 2. The van der Waals surface area contributed by atoms with Gasteiger partial charge >= 0.3 is 24.1 Å². The van der Waals surface area contributed by atoms with Gasteiger partial charge in [0.2, 0.25) is 0 Å². The molecule has 0 saturated carbocycles. The number of nitrogens with two attached hydrogens (primary N) is 1. The van der Waals surface area contributed by atoms with Crippen LogP contribution in [0.1, 0.15) is 45.6 Å². The van der Waals surface area contributed by atoms with Gasteiger partial charge in [0, 0.05) is 25.7 Å². The molecular formula is C25H29NO9. The Labute approximate surface area is 202 Å². The van der Waals surface area contributed by atoms with Crippen LogP contribution in [0.4, 0.5) is 4.79 Å². The van der Waals surface area contributed by atoms with Gasteiger partial charge < -0.3 is 29.8 Å². The molecule has 0 aliphatic carbocycles. The maximum atomic E-state index is 12.0. The Morgan fingerprint density at radius 3 is 2.09 bits per heavy atom. The Bertz CT molecular complexity index is 1050. The van der Waals surface area contributed by atoms with Crippen molar-refractivity contribution in [3.8, 4) is 17.2 Å². The van der Waals surface area contributed by atoms with Crippen LogP contribution < -0.4 is 19.9 Å². The summed E-state index contributed by atoms with van der Waals surface area (Å²) >= 11 is 0. The standard InChI is InChI=1S/C25H29NO9/c1-4-21(27)34-19-12-11-17(13-20(19)35-22(28)5-2)15-25(26,23(29)30)14-16(3)32-24(31)33-18-9-7-6-8-10-18/h6-13,16H,4-5,14-15,26H2,1-3H3,(H,29,30)/t16-,25?/m0/s1. The zero-order valence-electron chi connectivity index (χ0n) is 19.8. The predicted octanol–water partition coefficient (Wildman–Crippen LogP) is 3.64. The quantitative estimate of drug-likeness (QED) is 0.273. The molecule has 188 valence electrons. The normalized spacial score (nSPS) is 13.1. The number of carbonyl (C=O) groups is 4. The van der Waals surface area contributed by atoms with E-state index in [0.29, 0.717) is 5.56 Å². The molecule has 0 bridgehead atoms. The number of aliphatic carboxylic acids is 1. The smallest absolute Gasteiger partial charge is 0.480 e. The van der Waals surface area contributed by atoms with Crippen molar-refractivity contribution >= 4 is 24.1 Å². The van der Waals surface area contributed by atoms with E-state index in [1.165, 1.54) is 25.1 Å². The second kappa shape index (κ2) is 12.5. The number of ether oxygens (including phenoxy) is 4. The second-order valence-corrected chi connectivity index (χ2v) is 7.87. The van der Waals surface area contributed by atoms with Crippen LogP contribution in [0.2, 0.25) is 0 Å². The topological polar surface area (TPSA) is 151 Å². The molecule has 0 fully saturated rings. The molecular weight excluding hydrogens is 458 g/mol. The van der Waals surface area contributed by atoms with Crippen molar-refractivity contribution in [3.05, 3.63) is 54.1 Å². The first kappa shape index (κ1) is 27.3. The minimum Gasteiger partial charge on any atom is -0.480 e. The fourth-order valence-electron chi connectivity index (χ4n) is 3.14. The largest absolute Gasteiger partial charge is 0.514 e. The van der Waals surface area contributed by atoms with E-state index in [1.54, 1.807) is 44.2 Å². The van der Waals surface area contributed by atoms with Gasteiger partial charge in [-0.2, -0.15) is 0 Å². The Kier molecular flexibility index (Phi) is 9.77. The third-order valence-corrected chi connectivity index (χ3v) is 4.87. The van der Waals surface area contributed by atoms with Gasteiger partial charge in [-0.3, -0.25) is 14.4 Å². The third-order valence-electron chi connectivity index (χ3n) is 4.87. The zero-order valence-corrected chi connectivity index (χ0v) is 19.8. The van der Waals surface area contributed by atoms with Crippen LogP contribution in [0, 0.1) is 0 Å². The minimum atomic E-state index is -1.83. The monoisotopic (exact) mass is 487 g/mol. The molecule has 10 heteroatoms. The summed E-state index contributed by atoms with van der Waals surface area (Å²) in [6, 6.07) is 12.6. The third kappa shape index (κ3) is 8.42. The predicted molar refractivity (Wildman–Crippen MR) is 124 cm³/mol. The van der Waals surface area contributed by atoms with E-state index >= 15 is 0 Å². The van der Waals surface area contributed by atoms with E-state index in [1.807, 2.05) is 0 Å². The van der Waals surface area contributed by atoms with Gasteiger partial charge in [0.15, 0.2) is 11.5 Å². The van der Waals surface area contributed by atoms with Gasteiger partial charge in [-0.25, -0.2) is 4.79 Å². The minimum absolute atomic E-state index is 0.0281. The lowest BCUT2D eigenvalue weighted by molar-refractivity contribution is -0.144. The summed E-state index contributed by atoms with van der Waals surface area (Å²) in [5, 5.41) is 9.82. The molecule has 0 radical (unpaired) electrons. The Balaban J connectivity index is 2.17. The van der Waals surface area contributed by atoms with Crippen LogP contribution in [-0.4, -0.2) is 40.8 Å². The van der Waals surface area contributed by atoms with Crippen molar-refractivity contribution in [2.45, 2.75) is 58.1 Å². The van der Waals surface area contributed by atoms with Crippen molar-refractivity contribution in [2.24, 2.45) is 5.73 Å². The molecule has 0 heterocycles. The summed E-state index contributed by atoms with van der Waals surface area (Å²) in [5.41, 5.74) is 4.77. The van der Waals surface area contributed by atoms with E-state index in [9.17, 15) is 24.3 Å².